The fraction of sp³-hybridized carbons (Fsp3) is 0.211. The summed E-state index contributed by atoms with van der Waals surface area (Å²) in [6.45, 7) is 2.59. The molecule has 0 aromatic heterocycles. The van der Waals surface area contributed by atoms with Gasteiger partial charge in [0.1, 0.15) is 5.75 Å². The number of hydrazone groups is 1. The van der Waals surface area contributed by atoms with Crippen molar-refractivity contribution in [3.63, 3.8) is 0 Å². The van der Waals surface area contributed by atoms with Crippen LogP contribution >= 0.6 is 23.2 Å². The van der Waals surface area contributed by atoms with E-state index in [0.29, 0.717) is 28.0 Å². The van der Waals surface area contributed by atoms with Crippen molar-refractivity contribution < 1.29 is 14.3 Å². The maximum Gasteiger partial charge on any atom is 0.251 e. The number of carbonyl (C=O) groups is 2. The van der Waals surface area contributed by atoms with Crippen molar-refractivity contribution in [1.29, 1.82) is 0 Å². The average Bonchev–Trinajstić information content (AvgIpc) is 2.65. The Labute approximate surface area is 167 Å². The van der Waals surface area contributed by atoms with Crippen LogP contribution in [0.25, 0.3) is 0 Å². The highest BCUT2D eigenvalue weighted by Crippen LogP contribution is 2.22. The zero-order chi connectivity index (χ0) is 19.6. The van der Waals surface area contributed by atoms with E-state index >= 15 is 0 Å². The van der Waals surface area contributed by atoms with Crippen LogP contribution in [0.2, 0.25) is 10.0 Å². The van der Waals surface area contributed by atoms with Crippen LogP contribution in [0.15, 0.2) is 47.6 Å². The smallest absolute Gasteiger partial charge is 0.251 e. The van der Waals surface area contributed by atoms with Crippen molar-refractivity contribution in [3.05, 3.63) is 63.6 Å². The second-order valence-corrected chi connectivity index (χ2v) is 6.21. The lowest BCUT2D eigenvalue weighted by molar-refractivity contribution is -0.120. The van der Waals surface area contributed by atoms with E-state index < -0.39 is 0 Å². The second-order valence-electron chi connectivity index (χ2n) is 5.40. The van der Waals surface area contributed by atoms with Crippen LogP contribution in [0.4, 0.5) is 0 Å². The van der Waals surface area contributed by atoms with E-state index in [1.54, 1.807) is 12.1 Å². The third-order valence-electron chi connectivity index (χ3n) is 3.43. The molecule has 0 heterocycles. The number of benzene rings is 2. The van der Waals surface area contributed by atoms with Gasteiger partial charge >= 0.3 is 0 Å². The molecule has 2 aromatic rings. The summed E-state index contributed by atoms with van der Waals surface area (Å²) in [6.07, 6.45) is 1.59. The van der Waals surface area contributed by atoms with E-state index in [2.05, 4.69) is 15.8 Å². The normalized spacial score (nSPS) is 10.6. The topological polar surface area (TPSA) is 79.8 Å². The van der Waals surface area contributed by atoms with Crippen molar-refractivity contribution in [2.75, 3.05) is 13.2 Å². The molecular formula is C19H19Cl2N3O3. The molecule has 0 bridgehead atoms. The Balaban J connectivity index is 1.78. The van der Waals surface area contributed by atoms with Gasteiger partial charge in [-0.25, -0.2) is 5.43 Å². The van der Waals surface area contributed by atoms with Crippen LogP contribution in [0.1, 0.15) is 29.3 Å². The van der Waals surface area contributed by atoms with Crippen LogP contribution in [-0.4, -0.2) is 31.2 Å². The zero-order valence-corrected chi connectivity index (χ0v) is 16.2. The molecule has 8 heteroatoms. The fourth-order valence-electron chi connectivity index (χ4n) is 2.13. The molecular weight excluding hydrogens is 389 g/mol. The summed E-state index contributed by atoms with van der Waals surface area (Å²) in [7, 11) is 0. The maximum atomic E-state index is 12.0. The number of hydrogen-bond donors (Lipinski definition) is 2. The molecule has 0 fully saturated rings. The fourth-order valence-corrected chi connectivity index (χ4v) is 2.43. The summed E-state index contributed by atoms with van der Waals surface area (Å²) >= 11 is 11.7. The molecule has 27 heavy (non-hydrogen) atoms. The minimum atomic E-state index is -0.337. The lowest BCUT2D eigenvalue weighted by Gasteiger charge is -2.06. The molecule has 2 aromatic carbocycles. The van der Waals surface area contributed by atoms with Gasteiger partial charge in [-0.15, -0.1) is 0 Å². The number of nitrogens with zero attached hydrogens (tertiary/aromatic N) is 1. The van der Waals surface area contributed by atoms with Crippen LogP contribution in [0.5, 0.6) is 5.75 Å². The minimum Gasteiger partial charge on any atom is -0.493 e. The van der Waals surface area contributed by atoms with Crippen molar-refractivity contribution >= 4 is 41.2 Å². The number of para-hydroxylation sites is 1. The SMILES string of the molecule is CCOc1ccccc1C=NNC(=O)CCNC(=O)c1ccc(Cl)c(Cl)c1. The van der Waals surface area contributed by atoms with E-state index in [9.17, 15) is 9.59 Å². The molecule has 0 aliphatic rings. The quantitative estimate of drug-likeness (QED) is 0.517. The third kappa shape index (κ3) is 6.58. The van der Waals surface area contributed by atoms with Crippen LogP contribution < -0.4 is 15.5 Å². The molecule has 0 aliphatic carbocycles. The first-order chi connectivity index (χ1) is 13.0. The molecule has 2 amide bonds. The number of amides is 2. The first kappa shape index (κ1) is 20.7. The van der Waals surface area contributed by atoms with Gasteiger partial charge in [0.2, 0.25) is 5.91 Å². The van der Waals surface area contributed by atoms with Crippen molar-refractivity contribution in [3.8, 4) is 5.75 Å². The van der Waals surface area contributed by atoms with Gasteiger partial charge < -0.3 is 10.1 Å². The molecule has 0 radical (unpaired) electrons. The summed E-state index contributed by atoms with van der Waals surface area (Å²) in [5, 5.41) is 7.22. The molecule has 0 atom stereocenters. The summed E-state index contributed by atoms with van der Waals surface area (Å²) < 4.78 is 5.47. The second kappa shape index (κ2) is 10.5. The van der Waals surface area contributed by atoms with Gasteiger partial charge in [-0.2, -0.15) is 5.10 Å². The molecule has 0 saturated carbocycles. The lowest BCUT2D eigenvalue weighted by atomic mass is 10.2. The highest BCUT2D eigenvalue weighted by molar-refractivity contribution is 6.42. The van der Waals surface area contributed by atoms with Crippen molar-refractivity contribution in [1.82, 2.24) is 10.7 Å². The van der Waals surface area contributed by atoms with Crippen molar-refractivity contribution in [2.45, 2.75) is 13.3 Å². The van der Waals surface area contributed by atoms with Gasteiger partial charge in [-0.1, -0.05) is 35.3 Å². The summed E-state index contributed by atoms with van der Waals surface area (Å²) in [5.41, 5.74) is 3.54. The van der Waals surface area contributed by atoms with Crippen LogP contribution in [-0.2, 0) is 4.79 Å². The van der Waals surface area contributed by atoms with E-state index in [1.165, 1.54) is 12.3 Å². The summed E-state index contributed by atoms with van der Waals surface area (Å²) in [5.74, 6) is 0.0250. The number of rotatable bonds is 8. The molecule has 0 spiro atoms. The summed E-state index contributed by atoms with van der Waals surface area (Å²) in [6, 6.07) is 11.9. The Hall–Kier alpha value is -2.57. The Kier molecular flexibility index (Phi) is 8.10. The van der Waals surface area contributed by atoms with Gasteiger partial charge in [0.15, 0.2) is 0 Å². The molecule has 2 rings (SSSR count). The number of halogens is 2. The molecule has 6 nitrogen and oxygen atoms in total. The monoisotopic (exact) mass is 407 g/mol. The first-order valence-corrected chi connectivity index (χ1v) is 9.04. The third-order valence-corrected chi connectivity index (χ3v) is 4.17. The van der Waals surface area contributed by atoms with Gasteiger partial charge in [0.25, 0.3) is 5.91 Å². The first-order valence-electron chi connectivity index (χ1n) is 8.28. The molecule has 0 aliphatic heterocycles. The Bertz CT molecular complexity index is 841. The standard InChI is InChI=1S/C19H19Cl2N3O3/c1-2-27-17-6-4-3-5-14(17)12-23-24-18(25)9-10-22-19(26)13-7-8-15(20)16(21)11-13/h3-8,11-12H,2,9-10H2,1H3,(H,22,26)(H,24,25). The molecule has 0 saturated heterocycles. The highest BCUT2D eigenvalue weighted by atomic mass is 35.5. The predicted octanol–water partition coefficient (Wildman–Crippen LogP) is 3.66. The highest BCUT2D eigenvalue weighted by Gasteiger charge is 2.08. The van der Waals surface area contributed by atoms with E-state index in [0.717, 1.165) is 5.56 Å². The number of carbonyl (C=O) groups excluding carboxylic acids is 2. The minimum absolute atomic E-state index is 0.0809. The Morgan fingerprint density at radius 3 is 2.67 bits per heavy atom. The van der Waals surface area contributed by atoms with Gasteiger partial charge in [-0.05, 0) is 37.3 Å². The summed E-state index contributed by atoms with van der Waals surface area (Å²) in [4.78, 5) is 23.8. The maximum absolute atomic E-state index is 12.0. The zero-order valence-electron chi connectivity index (χ0n) is 14.7. The Morgan fingerprint density at radius 1 is 1.15 bits per heavy atom. The average molecular weight is 408 g/mol. The van der Waals surface area contributed by atoms with Crippen molar-refractivity contribution in [2.24, 2.45) is 5.10 Å². The van der Waals surface area contributed by atoms with Gasteiger partial charge in [0, 0.05) is 24.1 Å². The molecule has 2 N–H and O–H groups in total. The van der Waals surface area contributed by atoms with Gasteiger partial charge in [0.05, 0.1) is 22.9 Å². The Morgan fingerprint density at radius 2 is 1.93 bits per heavy atom. The predicted molar refractivity (Wildman–Crippen MR) is 107 cm³/mol. The van der Waals surface area contributed by atoms with E-state index in [4.69, 9.17) is 27.9 Å². The van der Waals surface area contributed by atoms with E-state index in [-0.39, 0.29) is 24.8 Å². The number of ether oxygens (including phenoxy) is 1. The number of nitrogens with one attached hydrogen (secondary N) is 2. The van der Waals surface area contributed by atoms with Crippen LogP contribution in [0.3, 0.4) is 0 Å². The lowest BCUT2D eigenvalue weighted by Crippen LogP contribution is -2.29. The van der Waals surface area contributed by atoms with Crippen LogP contribution in [0, 0.1) is 0 Å². The number of hydrogen-bond acceptors (Lipinski definition) is 4. The largest absolute Gasteiger partial charge is 0.493 e. The van der Waals surface area contributed by atoms with E-state index in [1.807, 2.05) is 31.2 Å². The molecule has 142 valence electrons. The van der Waals surface area contributed by atoms with Gasteiger partial charge in [-0.3, -0.25) is 9.59 Å². The molecule has 0 unspecified atom stereocenters.